The van der Waals surface area contributed by atoms with Crippen LogP contribution in [-0.2, 0) is 6.42 Å². The van der Waals surface area contributed by atoms with Crippen LogP contribution in [0.1, 0.15) is 38.8 Å². The Hall–Kier alpha value is -2.43. The first-order valence-corrected chi connectivity index (χ1v) is 6.59. The average Bonchev–Trinajstić information content (AvgIpc) is 2.46. The van der Waals surface area contributed by atoms with Crippen LogP contribution < -0.4 is 0 Å². The van der Waals surface area contributed by atoms with E-state index in [9.17, 15) is 22.8 Å². The molecule has 0 fully saturated rings. The van der Waals surface area contributed by atoms with Crippen LogP contribution in [0.5, 0.6) is 0 Å². The summed E-state index contributed by atoms with van der Waals surface area (Å²) < 4.78 is 38.0. The summed E-state index contributed by atoms with van der Waals surface area (Å²) in [6.07, 6.45) is -4.83. The molecule has 0 unspecified atom stereocenters. The van der Waals surface area contributed by atoms with Gasteiger partial charge < -0.3 is 0 Å². The van der Waals surface area contributed by atoms with Crippen LogP contribution in [-0.4, -0.2) is 17.7 Å². The van der Waals surface area contributed by atoms with Gasteiger partial charge in [-0.2, -0.15) is 13.2 Å². The molecule has 0 amide bonds. The third-order valence-electron chi connectivity index (χ3n) is 3.30. The highest BCUT2D eigenvalue weighted by Crippen LogP contribution is 2.25. The van der Waals surface area contributed by atoms with Crippen molar-refractivity contribution >= 4 is 11.6 Å². The molecule has 114 valence electrons. The number of benzene rings is 2. The van der Waals surface area contributed by atoms with Crippen LogP contribution in [0.4, 0.5) is 13.2 Å². The average molecular weight is 306 g/mol. The smallest absolute Gasteiger partial charge is 0.295 e. The minimum Gasteiger partial charge on any atom is -0.295 e. The lowest BCUT2D eigenvalue weighted by atomic mass is 9.93. The Labute approximate surface area is 125 Å². The zero-order valence-electron chi connectivity index (χ0n) is 11.8. The molecule has 2 nitrogen and oxygen atoms in total. The summed E-state index contributed by atoms with van der Waals surface area (Å²) >= 11 is 0. The van der Waals surface area contributed by atoms with E-state index in [1.807, 2.05) is 0 Å². The molecule has 0 bridgehead atoms. The van der Waals surface area contributed by atoms with Gasteiger partial charge in [0.05, 0.1) is 0 Å². The van der Waals surface area contributed by atoms with Gasteiger partial charge in [0.2, 0.25) is 0 Å². The van der Waals surface area contributed by atoms with Gasteiger partial charge in [-0.05, 0) is 24.5 Å². The van der Waals surface area contributed by atoms with E-state index in [4.69, 9.17) is 0 Å². The molecule has 0 saturated heterocycles. The number of hydrogen-bond acceptors (Lipinski definition) is 2. The molecule has 0 spiro atoms. The Kier molecular flexibility index (Phi) is 4.45. The van der Waals surface area contributed by atoms with Crippen LogP contribution in [0.25, 0.3) is 0 Å². The number of carbonyl (C=O) groups excluding carboxylic acids is 2. The highest BCUT2D eigenvalue weighted by atomic mass is 19.4. The van der Waals surface area contributed by atoms with E-state index in [0.717, 1.165) is 6.07 Å². The third kappa shape index (κ3) is 3.42. The van der Waals surface area contributed by atoms with Gasteiger partial charge in [0.15, 0.2) is 5.78 Å². The maximum Gasteiger partial charge on any atom is 0.454 e. The molecule has 0 aliphatic rings. The van der Waals surface area contributed by atoms with Gasteiger partial charge in [0, 0.05) is 11.1 Å². The molecule has 2 rings (SSSR count). The lowest BCUT2D eigenvalue weighted by Crippen LogP contribution is -2.24. The molecule has 5 heteroatoms. The van der Waals surface area contributed by atoms with E-state index < -0.39 is 12.0 Å². The molecule has 0 radical (unpaired) electrons. The van der Waals surface area contributed by atoms with Crippen molar-refractivity contribution in [2.45, 2.75) is 19.5 Å². The predicted molar refractivity (Wildman–Crippen MR) is 76.1 cm³/mol. The zero-order valence-corrected chi connectivity index (χ0v) is 11.8. The van der Waals surface area contributed by atoms with Crippen LogP contribution in [0, 0.1) is 0 Å². The molecule has 0 aliphatic heterocycles. The monoisotopic (exact) mass is 306 g/mol. The van der Waals surface area contributed by atoms with Crippen molar-refractivity contribution in [1.82, 2.24) is 0 Å². The number of carbonyl (C=O) groups is 2. The maximum absolute atomic E-state index is 12.7. The Bertz CT molecular complexity index is 718. The summed E-state index contributed by atoms with van der Waals surface area (Å²) in [6.45, 7) is 1.39. The van der Waals surface area contributed by atoms with Crippen molar-refractivity contribution in [2.24, 2.45) is 0 Å². The van der Waals surface area contributed by atoms with Crippen molar-refractivity contribution < 1.29 is 22.8 Å². The quantitative estimate of drug-likeness (QED) is 0.792. The number of Topliss-reactive ketones (excluding diaryl/α,β-unsaturated/α-hetero) is 2. The Morgan fingerprint density at radius 3 is 1.82 bits per heavy atom. The molecule has 2 aromatic rings. The van der Waals surface area contributed by atoms with E-state index in [2.05, 4.69) is 0 Å². The minimum absolute atomic E-state index is 0.0910. The van der Waals surface area contributed by atoms with Gasteiger partial charge >= 0.3 is 6.18 Å². The Morgan fingerprint density at radius 2 is 1.32 bits per heavy atom. The van der Waals surface area contributed by atoms with E-state index in [1.54, 1.807) is 30.3 Å². The third-order valence-corrected chi connectivity index (χ3v) is 3.30. The molecule has 0 heterocycles. The second-order valence-corrected chi connectivity index (χ2v) is 4.87. The van der Waals surface area contributed by atoms with Gasteiger partial charge in [0.1, 0.15) is 0 Å². The molecular weight excluding hydrogens is 293 g/mol. The predicted octanol–water partition coefficient (Wildman–Crippen LogP) is 4.23. The molecule has 0 aliphatic carbocycles. The summed E-state index contributed by atoms with van der Waals surface area (Å²) in [6, 6.07) is 12.3. The standard InChI is InChI=1S/C17H13F3O2/c1-11(21)14-8-4-2-6-12(14)10-13-7-3-5-9-15(13)16(22)17(18,19)20/h2-9H,10H2,1H3. The van der Waals surface area contributed by atoms with E-state index >= 15 is 0 Å². The molecule has 22 heavy (non-hydrogen) atoms. The van der Waals surface area contributed by atoms with Gasteiger partial charge in [-0.1, -0.05) is 48.5 Å². The number of ketones is 2. The van der Waals surface area contributed by atoms with Crippen molar-refractivity contribution in [3.05, 3.63) is 70.8 Å². The van der Waals surface area contributed by atoms with E-state index in [-0.39, 0.29) is 23.3 Å². The lowest BCUT2D eigenvalue weighted by Gasteiger charge is -2.12. The molecule has 0 aromatic heterocycles. The van der Waals surface area contributed by atoms with Crippen LogP contribution in [0.3, 0.4) is 0 Å². The highest BCUT2D eigenvalue weighted by molar-refractivity contribution is 6.01. The normalized spacial score (nSPS) is 11.3. The van der Waals surface area contributed by atoms with Crippen molar-refractivity contribution in [2.75, 3.05) is 0 Å². The van der Waals surface area contributed by atoms with Crippen LogP contribution in [0.2, 0.25) is 0 Å². The highest BCUT2D eigenvalue weighted by Gasteiger charge is 2.40. The van der Waals surface area contributed by atoms with Crippen LogP contribution in [0.15, 0.2) is 48.5 Å². The Morgan fingerprint density at radius 1 is 0.864 bits per heavy atom. The molecule has 2 aromatic carbocycles. The van der Waals surface area contributed by atoms with Crippen LogP contribution >= 0.6 is 0 Å². The maximum atomic E-state index is 12.7. The molecule has 0 N–H and O–H groups in total. The first-order valence-electron chi connectivity index (χ1n) is 6.59. The number of rotatable bonds is 4. The first-order chi connectivity index (χ1) is 10.3. The van der Waals surface area contributed by atoms with Gasteiger partial charge in [0.25, 0.3) is 5.78 Å². The molecule has 0 saturated carbocycles. The Balaban J connectivity index is 2.44. The second-order valence-electron chi connectivity index (χ2n) is 4.87. The second kappa shape index (κ2) is 6.13. The van der Waals surface area contributed by atoms with E-state index in [1.165, 1.54) is 19.1 Å². The van der Waals surface area contributed by atoms with Crippen molar-refractivity contribution in [3.63, 3.8) is 0 Å². The summed E-state index contributed by atoms with van der Waals surface area (Å²) in [4.78, 5) is 23.1. The van der Waals surface area contributed by atoms with E-state index in [0.29, 0.717) is 11.1 Å². The van der Waals surface area contributed by atoms with Crippen molar-refractivity contribution in [3.8, 4) is 0 Å². The summed E-state index contributed by atoms with van der Waals surface area (Å²) in [5, 5.41) is 0. The summed E-state index contributed by atoms with van der Waals surface area (Å²) in [7, 11) is 0. The number of halogens is 3. The minimum atomic E-state index is -4.92. The SMILES string of the molecule is CC(=O)c1ccccc1Cc1ccccc1C(=O)C(F)(F)F. The fourth-order valence-electron chi connectivity index (χ4n) is 2.27. The lowest BCUT2D eigenvalue weighted by molar-refractivity contribution is -0.0885. The first kappa shape index (κ1) is 15.9. The number of hydrogen-bond donors (Lipinski definition) is 0. The molecular formula is C17H13F3O2. The number of alkyl halides is 3. The fraction of sp³-hybridized carbons (Fsp3) is 0.176. The largest absolute Gasteiger partial charge is 0.454 e. The topological polar surface area (TPSA) is 34.1 Å². The van der Waals surface area contributed by atoms with Crippen molar-refractivity contribution in [1.29, 1.82) is 0 Å². The van der Waals surface area contributed by atoms with Gasteiger partial charge in [-0.3, -0.25) is 9.59 Å². The van der Waals surface area contributed by atoms with Gasteiger partial charge in [-0.25, -0.2) is 0 Å². The summed E-state index contributed by atoms with van der Waals surface area (Å²) in [5.74, 6) is -2.04. The fourth-order valence-corrected chi connectivity index (χ4v) is 2.27. The zero-order chi connectivity index (χ0) is 16.3. The van der Waals surface area contributed by atoms with Gasteiger partial charge in [-0.15, -0.1) is 0 Å². The summed E-state index contributed by atoms with van der Waals surface area (Å²) in [5.41, 5.74) is 0.904. The molecule has 0 atom stereocenters.